The zero-order valence-corrected chi connectivity index (χ0v) is 13.0. The number of aromatic nitrogens is 2. The summed E-state index contributed by atoms with van der Waals surface area (Å²) in [5.41, 5.74) is -4.82. The molecule has 1 aliphatic carbocycles. The lowest BCUT2D eigenvalue weighted by atomic mass is 9.54. The number of hydrogen-bond donors (Lipinski definition) is 4. The first-order chi connectivity index (χ1) is 10.1. The highest BCUT2D eigenvalue weighted by atomic mass is 16.4. The number of carboxylic acids is 1. The van der Waals surface area contributed by atoms with Crippen LogP contribution in [0.15, 0.2) is 15.8 Å². The lowest BCUT2D eigenvalue weighted by Gasteiger charge is -2.51. The average molecular weight is 310 g/mol. The minimum atomic E-state index is -1.83. The van der Waals surface area contributed by atoms with Crippen LogP contribution in [0.3, 0.4) is 0 Å². The Morgan fingerprint density at radius 2 is 2.05 bits per heavy atom. The van der Waals surface area contributed by atoms with Crippen LogP contribution in [0.4, 0.5) is 0 Å². The first-order valence-corrected chi connectivity index (χ1v) is 7.43. The van der Waals surface area contributed by atoms with Crippen molar-refractivity contribution in [1.29, 1.82) is 0 Å². The molecule has 0 aliphatic heterocycles. The standard InChI is InChI=1S/C15H22N2O5/c1-8(2)14(12(19)20)5-4-9(3)6-15(14,22)10-7-16-13(21)17-11(10)18/h7-9,22H,4-6H2,1-3H3,(H,19,20)(H2,16,17,18,21). The van der Waals surface area contributed by atoms with E-state index in [1.165, 1.54) is 0 Å². The zero-order valence-electron chi connectivity index (χ0n) is 13.0. The van der Waals surface area contributed by atoms with Crippen LogP contribution < -0.4 is 11.2 Å². The van der Waals surface area contributed by atoms with E-state index >= 15 is 0 Å². The van der Waals surface area contributed by atoms with E-state index in [-0.39, 0.29) is 30.2 Å². The van der Waals surface area contributed by atoms with Gasteiger partial charge in [-0.1, -0.05) is 20.8 Å². The molecule has 0 aromatic carbocycles. The van der Waals surface area contributed by atoms with E-state index < -0.39 is 28.2 Å². The number of hydrogen-bond acceptors (Lipinski definition) is 4. The highest BCUT2D eigenvalue weighted by Gasteiger charge is 2.61. The highest BCUT2D eigenvalue weighted by Crippen LogP contribution is 2.55. The van der Waals surface area contributed by atoms with Crippen LogP contribution in [0.2, 0.25) is 0 Å². The molecule has 1 fully saturated rings. The Bertz CT molecular complexity index is 692. The van der Waals surface area contributed by atoms with Crippen LogP contribution in [0, 0.1) is 17.3 Å². The van der Waals surface area contributed by atoms with Gasteiger partial charge >= 0.3 is 11.7 Å². The molecule has 3 unspecified atom stereocenters. The molecule has 0 radical (unpaired) electrons. The zero-order chi connectivity index (χ0) is 16.7. The molecule has 0 amide bonds. The van der Waals surface area contributed by atoms with Gasteiger partial charge in [0.1, 0.15) is 11.0 Å². The first kappa shape index (κ1) is 16.5. The fourth-order valence-electron chi connectivity index (χ4n) is 3.83. The Labute approximate surface area is 127 Å². The van der Waals surface area contributed by atoms with E-state index in [0.717, 1.165) is 6.20 Å². The SMILES string of the molecule is CC1CCC(C(=O)O)(C(C)C)C(O)(c2c[nH]c(=O)[nH]c2=O)C1. The summed E-state index contributed by atoms with van der Waals surface area (Å²) in [4.78, 5) is 39.8. The van der Waals surface area contributed by atoms with Crippen molar-refractivity contribution in [3.05, 3.63) is 32.6 Å². The van der Waals surface area contributed by atoms with Crippen LogP contribution >= 0.6 is 0 Å². The van der Waals surface area contributed by atoms with Crippen LogP contribution in [-0.2, 0) is 10.4 Å². The monoisotopic (exact) mass is 310 g/mol. The lowest BCUT2D eigenvalue weighted by molar-refractivity contribution is -0.195. The van der Waals surface area contributed by atoms with Crippen molar-refractivity contribution in [3.8, 4) is 0 Å². The van der Waals surface area contributed by atoms with Crippen molar-refractivity contribution in [2.75, 3.05) is 0 Å². The van der Waals surface area contributed by atoms with Gasteiger partial charge in [-0.05, 0) is 31.1 Å². The third kappa shape index (κ3) is 2.20. The van der Waals surface area contributed by atoms with Gasteiger partial charge < -0.3 is 15.2 Å². The molecular weight excluding hydrogens is 288 g/mol. The Balaban J connectivity index is 2.75. The number of rotatable bonds is 3. The Hall–Kier alpha value is -1.89. The van der Waals surface area contributed by atoms with Gasteiger partial charge in [0.05, 0.1) is 5.56 Å². The summed E-state index contributed by atoms with van der Waals surface area (Å²) >= 11 is 0. The molecule has 0 saturated heterocycles. The Kier molecular flexibility index (Phi) is 4.04. The van der Waals surface area contributed by atoms with Gasteiger partial charge in [-0.2, -0.15) is 0 Å². The molecular formula is C15H22N2O5. The molecule has 1 heterocycles. The van der Waals surface area contributed by atoms with Crippen LogP contribution in [0.25, 0.3) is 0 Å². The number of carbonyl (C=O) groups is 1. The number of aliphatic carboxylic acids is 1. The van der Waals surface area contributed by atoms with Crippen LogP contribution in [-0.4, -0.2) is 26.2 Å². The van der Waals surface area contributed by atoms with E-state index in [1.807, 2.05) is 6.92 Å². The minimum Gasteiger partial charge on any atom is -0.481 e. The summed E-state index contributed by atoms with van der Waals surface area (Å²) in [5, 5.41) is 21.2. The second kappa shape index (κ2) is 5.39. The third-order valence-corrected chi connectivity index (χ3v) is 5.05. The maximum absolute atomic E-state index is 12.2. The summed E-state index contributed by atoms with van der Waals surface area (Å²) in [7, 11) is 0. The summed E-state index contributed by atoms with van der Waals surface area (Å²) in [5.74, 6) is -1.43. The molecule has 7 heteroatoms. The summed E-state index contributed by atoms with van der Waals surface area (Å²) in [6.07, 6.45) is 2.23. The normalized spacial score (nSPS) is 32.1. The summed E-state index contributed by atoms with van der Waals surface area (Å²) in [6.45, 7) is 5.38. The van der Waals surface area contributed by atoms with Gasteiger partial charge in [0.25, 0.3) is 5.56 Å². The predicted molar refractivity (Wildman–Crippen MR) is 79.5 cm³/mol. The van der Waals surface area contributed by atoms with E-state index in [4.69, 9.17) is 0 Å². The molecule has 3 atom stereocenters. The number of H-pyrrole nitrogens is 2. The second-order valence-electron chi connectivity index (χ2n) is 6.63. The van der Waals surface area contributed by atoms with Crippen molar-refractivity contribution >= 4 is 5.97 Å². The molecule has 1 aromatic heterocycles. The maximum atomic E-state index is 12.2. The van der Waals surface area contributed by atoms with Gasteiger partial charge in [-0.25, -0.2) is 4.79 Å². The second-order valence-corrected chi connectivity index (χ2v) is 6.63. The van der Waals surface area contributed by atoms with E-state index in [2.05, 4.69) is 9.97 Å². The third-order valence-electron chi connectivity index (χ3n) is 5.05. The Morgan fingerprint density at radius 1 is 1.41 bits per heavy atom. The molecule has 0 spiro atoms. The molecule has 2 rings (SSSR count). The molecule has 7 nitrogen and oxygen atoms in total. The van der Waals surface area contributed by atoms with E-state index in [1.54, 1.807) is 13.8 Å². The van der Waals surface area contributed by atoms with Gasteiger partial charge in [-0.3, -0.25) is 14.6 Å². The van der Waals surface area contributed by atoms with Crippen molar-refractivity contribution in [3.63, 3.8) is 0 Å². The summed E-state index contributed by atoms with van der Waals surface area (Å²) in [6, 6.07) is 0. The van der Waals surface area contributed by atoms with Crippen molar-refractivity contribution < 1.29 is 15.0 Å². The van der Waals surface area contributed by atoms with Gasteiger partial charge in [0.15, 0.2) is 0 Å². The average Bonchev–Trinajstić information content (AvgIpc) is 2.37. The molecule has 22 heavy (non-hydrogen) atoms. The van der Waals surface area contributed by atoms with Crippen LogP contribution in [0.5, 0.6) is 0 Å². The molecule has 4 N–H and O–H groups in total. The quantitative estimate of drug-likeness (QED) is 0.657. The highest BCUT2D eigenvalue weighted by molar-refractivity contribution is 5.77. The smallest absolute Gasteiger partial charge is 0.325 e. The molecule has 1 aromatic rings. The van der Waals surface area contributed by atoms with Gasteiger partial charge in [0.2, 0.25) is 0 Å². The predicted octanol–water partition coefficient (Wildman–Crippen LogP) is 0.798. The minimum absolute atomic E-state index is 0.0718. The fraction of sp³-hybridized carbons (Fsp3) is 0.667. The van der Waals surface area contributed by atoms with E-state index in [9.17, 15) is 24.6 Å². The van der Waals surface area contributed by atoms with Crippen molar-refractivity contribution in [1.82, 2.24) is 9.97 Å². The summed E-state index contributed by atoms with van der Waals surface area (Å²) < 4.78 is 0. The van der Waals surface area contributed by atoms with Crippen molar-refractivity contribution in [2.24, 2.45) is 17.3 Å². The number of aliphatic hydroxyl groups is 1. The van der Waals surface area contributed by atoms with Gasteiger partial charge in [0, 0.05) is 6.20 Å². The molecule has 0 bridgehead atoms. The van der Waals surface area contributed by atoms with Crippen LogP contribution in [0.1, 0.15) is 45.6 Å². The fourth-order valence-corrected chi connectivity index (χ4v) is 3.83. The number of carboxylic acid groups (broad SMARTS) is 1. The van der Waals surface area contributed by atoms with Gasteiger partial charge in [-0.15, -0.1) is 0 Å². The maximum Gasteiger partial charge on any atom is 0.325 e. The topological polar surface area (TPSA) is 123 Å². The molecule has 1 saturated carbocycles. The number of aromatic amines is 2. The lowest BCUT2D eigenvalue weighted by Crippen LogP contribution is -2.59. The van der Waals surface area contributed by atoms with Crippen molar-refractivity contribution in [2.45, 2.75) is 45.6 Å². The Morgan fingerprint density at radius 3 is 2.55 bits per heavy atom. The first-order valence-electron chi connectivity index (χ1n) is 7.43. The number of nitrogens with one attached hydrogen (secondary N) is 2. The van der Waals surface area contributed by atoms with E-state index in [0.29, 0.717) is 6.42 Å². The largest absolute Gasteiger partial charge is 0.481 e. The molecule has 1 aliphatic rings. The molecule has 122 valence electrons.